The molecule has 2 aliphatic rings. The molecule has 0 radical (unpaired) electrons. The Morgan fingerprint density at radius 1 is 1.19 bits per heavy atom. The van der Waals surface area contributed by atoms with Crippen molar-refractivity contribution in [1.82, 2.24) is 0 Å². The second-order valence-electron chi connectivity index (χ2n) is 7.65. The van der Waals surface area contributed by atoms with Crippen molar-refractivity contribution in [3.8, 4) is 0 Å². The van der Waals surface area contributed by atoms with Gasteiger partial charge < -0.3 is 5.32 Å². The lowest BCUT2D eigenvalue weighted by Gasteiger charge is -2.35. The van der Waals surface area contributed by atoms with E-state index in [4.69, 9.17) is 0 Å². The summed E-state index contributed by atoms with van der Waals surface area (Å²) >= 11 is 0. The van der Waals surface area contributed by atoms with Gasteiger partial charge in [0.15, 0.2) is 0 Å². The van der Waals surface area contributed by atoms with E-state index in [0.29, 0.717) is 17.5 Å². The number of nitrogens with zero attached hydrogens (tertiary/aromatic N) is 2. The molecule has 26 heavy (non-hydrogen) atoms. The van der Waals surface area contributed by atoms with Crippen LogP contribution in [0.15, 0.2) is 18.2 Å². The van der Waals surface area contributed by atoms with E-state index in [-0.39, 0.29) is 41.6 Å². The van der Waals surface area contributed by atoms with Crippen LogP contribution in [0.2, 0.25) is 0 Å². The smallest absolute Gasteiger partial charge is 0.294 e. The molecular formula is C19H25N3O4. The Balaban J connectivity index is 1.89. The average molecular weight is 359 g/mol. The third-order valence-corrected chi connectivity index (χ3v) is 5.86. The summed E-state index contributed by atoms with van der Waals surface area (Å²) in [5, 5.41) is 14.9. The van der Waals surface area contributed by atoms with Crippen LogP contribution in [0.5, 0.6) is 0 Å². The van der Waals surface area contributed by atoms with Crippen LogP contribution in [0.25, 0.3) is 0 Å². The van der Waals surface area contributed by atoms with Gasteiger partial charge in [-0.1, -0.05) is 33.6 Å². The first kappa shape index (κ1) is 18.4. The van der Waals surface area contributed by atoms with Crippen LogP contribution in [0.4, 0.5) is 17.1 Å². The summed E-state index contributed by atoms with van der Waals surface area (Å²) in [6.07, 6.45) is 3.40. The Bertz CT molecular complexity index is 748. The number of nitro groups is 1. The van der Waals surface area contributed by atoms with Crippen LogP contribution in [0.3, 0.4) is 0 Å². The largest absolute Gasteiger partial charge is 0.376 e. The normalized spacial score (nSPS) is 29.1. The van der Waals surface area contributed by atoms with Gasteiger partial charge in [-0.05, 0) is 30.4 Å². The Hall–Kier alpha value is -2.44. The Morgan fingerprint density at radius 3 is 2.54 bits per heavy atom. The minimum absolute atomic E-state index is 0.104. The number of anilines is 2. The number of nitro benzene ring substituents is 1. The van der Waals surface area contributed by atoms with E-state index in [1.165, 1.54) is 12.5 Å². The van der Waals surface area contributed by atoms with Gasteiger partial charge in [0.1, 0.15) is 5.69 Å². The van der Waals surface area contributed by atoms with Gasteiger partial charge in [0.25, 0.3) is 5.69 Å². The predicted octanol–water partition coefficient (Wildman–Crippen LogP) is 3.73. The summed E-state index contributed by atoms with van der Waals surface area (Å²) in [4.78, 5) is 36.5. The minimum atomic E-state index is -0.461. The zero-order valence-electron chi connectivity index (χ0n) is 15.4. The molecule has 7 nitrogen and oxygen atoms in total. The maximum absolute atomic E-state index is 12.2. The monoisotopic (exact) mass is 359 g/mol. The highest BCUT2D eigenvalue weighted by Gasteiger charge is 2.37. The van der Waals surface area contributed by atoms with Crippen molar-refractivity contribution in [1.29, 1.82) is 0 Å². The summed E-state index contributed by atoms with van der Waals surface area (Å²) in [7, 11) is 0. The van der Waals surface area contributed by atoms with Gasteiger partial charge in [0, 0.05) is 24.4 Å². The van der Waals surface area contributed by atoms with E-state index < -0.39 is 4.92 Å². The fourth-order valence-electron chi connectivity index (χ4n) is 3.97. The number of rotatable bonds is 4. The number of carbonyl (C=O) groups excluding carboxylic acids is 2. The lowest BCUT2D eigenvalue weighted by Crippen LogP contribution is -2.35. The molecule has 4 atom stereocenters. The van der Waals surface area contributed by atoms with Crippen LogP contribution >= 0.6 is 0 Å². The molecule has 1 saturated heterocycles. The highest BCUT2D eigenvalue weighted by molar-refractivity contribution is 6.21. The van der Waals surface area contributed by atoms with E-state index in [9.17, 15) is 19.7 Å². The lowest BCUT2D eigenvalue weighted by molar-refractivity contribution is -0.383. The molecule has 1 aliphatic carbocycles. The van der Waals surface area contributed by atoms with E-state index in [1.807, 2.05) is 0 Å². The van der Waals surface area contributed by atoms with Gasteiger partial charge in [-0.15, -0.1) is 0 Å². The number of hydrogen-bond acceptors (Lipinski definition) is 5. The standard InChI is InChI=1S/C19H25N3O4/c1-11-5-4-6-15(13(11)3)20-16-8-7-14(10-17(16)22(25)26)21-18(23)9-12(2)19(21)24/h7-8,10-13,15,20H,4-6,9H2,1-3H3/t11-,12-,13-,15-/m1/s1. The molecule has 0 bridgehead atoms. The van der Waals surface area contributed by atoms with Gasteiger partial charge in [-0.2, -0.15) is 0 Å². The number of hydrogen-bond donors (Lipinski definition) is 1. The second-order valence-corrected chi connectivity index (χ2v) is 7.65. The fourth-order valence-corrected chi connectivity index (χ4v) is 3.97. The summed E-state index contributed by atoms with van der Waals surface area (Å²) < 4.78 is 0. The molecule has 1 aromatic rings. The number of nitrogens with one attached hydrogen (secondary N) is 1. The third-order valence-electron chi connectivity index (χ3n) is 5.86. The van der Waals surface area contributed by atoms with Crippen LogP contribution in [0.1, 0.15) is 46.5 Å². The molecule has 1 saturated carbocycles. The van der Waals surface area contributed by atoms with Crippen molar-refractivity contribution in [3.63, 3.8) is 0 Å². The Morgan fingerprint density at radius 2 is 1.92 bits per heavy atom. The molecule has 1 aliphatic heterocycles. The first-order valence-electron chi connectivity index (χ1n) is 9.21. The van der Waals surface area contributed by atoms with Crippen molar-refractivity contribution in [3.05, 3.63) is 28.3 Å². The van der Waals surface area contributed by atoms with Gasteiger partial charge in [-0.25, -0.2) is 0 Å². The van der Waals surface area contributed by atoms with E-state index >= 15 is 0 Å². The summed E-state index contributed by atoms with van der Waals surface area (Å²) in [5.74, 6) is -0.0116. The zero-order chi connectivity index (χ0) is 19.0. The predicted molar refractivity (Wildman–Crippen MR) is 99.0 cm³/mol. The second kappa shape index (κ2) is 7.05. The maximum Gasteiger partial charge on any atom is 0.294 e. The van der Waals surface area contributed by atoms with Crippen LogP contribution < -0.4 is 10.2 Å². The van der Waals surface area contributed by atoms with Crippen molar-refractivity contribution >= 4 is 28.9 Å². The van der Waals surface area contributed by atoms with Crippen LogP contribution in [0, 0.1) is 27.9 Å². The molecule has 0 spiro atoms. The highest BCUT2D eigenvalue weighted by atomic mass is 16.6. The number of carbonyl (C=O) groups is 2. The fraction of sp³-hybridized carbons (Fsp3) is 0.579. The summed E-state index contributed by atoms with van der Waals surface area (Å²) in [6, 6.07) is 4.73. The highest BCUT2D eigenvalue weighted by Crippen LogP contribution is 2.37. The Kier molecular flexibility index (Phi) is 4.98. The minimum Gasteiger partial charge on any atom is -0.376 e. The maximum atomic E-state index is 12.2. The van der Waals surface area contributed by atoms with Crippen LogP contribution in [-0.4, -0.2) is 22.8 Å². The molecule has 1 heterocycles. The molecule has 0 aromatic heterocycles. The van der Waals surface area contributed by atoms with E-state index in [0.717, 1.165) is 17.7 Å². The summed E-state index contributed by atoms with van der Waals surface area (Å²) in [5.41, 5.74) is 0.608. The van der Waals surface area contributed by atoms with Gasteiger partial charge >= 0.3 is 0 Å². The molecule has 3 rings (SSSR count). The quantitative estimate of drug-likeness (QED) is 0.502. The number of imide groups is 1. The number of amides is 2. The summed E-state index contributed by atoms with van der Waals surface area (Å²) in [6.45, 7) is 6.07. The molecule has 0 unspecified atom stereocenters. The molecule has 1 N–H and O–H groups in total. The van der Waals surface area contributed by atoms with Crippen LogP contribution in [-0.2, 0) is 9.59 Å². The molecule has 140 valence electrons. The Labute approximate surface area is 152 Å². The topological polar surface area (TPSA) is 92.6 Å². The molecule has 2 amide bonds. The van der Waals surface area contributed by atoms with E-state index in [1.54, 1.807) is 19.1 Å². The molecule has 1 aromatic carbocycles. The average Bonchev–Trinajstić information content (AvgIpc) is 2.84. The molecule has 2 fully saturated rings. The number of benzene rings is 1. The van der Waals surface area contributed by atoms with Crippen molar-refractivity contribution in [2.45, 2.75) is 52.5 Å². The third kappa shape index (κ3) is 3.30. The van der Waals surface area contributed by atoms with Gasteiger partial charge in [-0.3, -0.25) is 24.6 Å². The SMILES string of the molecule is C[C@@H]1[C@H](C)CCC[C@H]1Nc1ccc(N2C(=O)C[C@@H](C)C2=O)cc1[N+](=O)[O-]. The van der Waals surface area contributed by atoms with Crippen molar-refractivity contribution in [2.24, 2.45) is 17.8 Å². The van der Waals surface area contributed by atoms with Gasteiger partial charge in [0.05, 0.1) is 10.6 Å². The zero-order valence-corrected chi connectivity index (χ0v) is 15.4. The van der Waals surface area contributed by atoms with Crippen molar-refractivity contribution in [2.75, 3.05) is 10.2 Å². The van der Waals surface area contributed by atoms with E-state index in [2.05, 4.69) is 19.2 Å². The molecule has 7 heteroatoms. The van der Waals surface area contributed by atoms with Gasteiger partial charge in [0.2, 0.25) is 11.8 Å². The lowest BCUT2D eigenvalue weighted by atomic mass is 9.78. The van der Waals surface area contributed by atoms with Crippen molar-refractivity contribution < 1.29 is 14.5 Å². The molecular weight excluding hydrogens is 334 g/mol. The first-order valence-corrected chi connectivity index (χ1v) is 9.21. The first-order chi connectivity index (χ1) is 12.3.